The van der Waals surface area contributed by atoms with Crippen LogP contribution in [0.25, 0.3) is 10.9 Å². The number of benzene rings is 1. The number of halogens is 1. The van der Waals surface area contributed by atoms with E-state index in [0.717, 1.165) is 34.3 Å². The average molecular weight is 411 g/mol. The number of nitrogens with one attached hydrogen (secondary N) is 3. The normalized spacial score (nSPS) is 19.2. The highest BCUT2D eigenvalue weighted by Gasteiger charge is 2.33. The molecule has 0 aliphatic carbocycles. The molecule has 3 heterocycles. The summed E-state index contributed by atoms with van der Waals surface area (Å²) >= 11 is 6.43. The molecule has 4 rings (SSSR count). The number of amides is 2. The van der Waals surface area contributed by atoms with E-state index < -0.39 is 12.1 Å². The van der Waals surface area contributed by atoms with Crippen LogP contribution in [-0.2, 0) is 28.9 Å². The van der Waals surface area contributed by atoms with Gasteiger partial charge >= 0.3 is 0 Å². The van der Waals surface area contributed by atoms with E-state index in [1.165, 1.54) is 0 Å². The van der Waals surface area contributed by atoms with Crippen molar-refractivity contribution in [3.63, 3.8) is 0 Å². The third-order valence-electron chi connectivity index (χ3n) is 5.41. The molecule has 2 aromatic heterocycles. The number of fused-ring (bicyclic) bond motifs is 1. The first-order valence-corrected chi connectivity index (χ1v) is 10.2. The van der Waals surface area contributed by atoms with Crippen LogP contribution in [0.2, 0.25) is 5.02 Å². The highest BCUT2D eigenvalue weighted by molar-refractivity contribution is 6.35. The Morgan fingerprint density at radius 1 is 1.03 bits per heavy atom. The molecule has 3 aromatic rings. The van der Waals surface area contributed by atoms with Crippen molar-refractivity contribution in [2.24, 2.45) is 0 Å². The van der Waals surface area contributed by atoms with Crippen LogP contribution in [0.15, 0.2) is 42.6 Å². The Labute approximate surface area is 174 Å². The lowest BCUT2D eigenvalue weighted by Gasteiger charge is -2.29. The van der Waals surface area contributed by atoms with Crippen LogP contribution in [0.4, 0.5) is 0 Å². The number of carbonyl (C=O) groups excluding carboxylic acids is 2. The van der Waals surface area contributed by atoms with Crippen LogP contribution >= 0.6 is 11.6 Å². The highest BCUT2D eigenvalue weighted by atomic mass is 35.5. The molecule has 1 fully saturated rings. The van der Waals surface area contributed by atoms with Crippen molar-refractivity contribution in [1.29, 1.82) is 0 Å². The lowest BCUT2D eigenvalue weighted by atomic mass is 9.98. The number of rotatable bonds is 6. The second-order valence-electron chi connectivity index (χ2n) is 7.28. The van der Waals surface area contributed by atoms with Crippen LogP contribution in [-0.4, -0.2) is 33.9 Å². The van der Waals surface area contributed by atoms with Crippen molar-refractivity contribution in [2.75, 3.05) is 0 Å². The molecular weight excluding hydrogens is 388 g/mol. The summed E-state index contributed by atoms with van der Waals surface area (Å²) in [5, 5.41) is 7.42. The van der Waals surface area contributed by atoms with Crippen LogP contribution in [0.3, 0.4) is 0 Å². The van der Waals surface area contributed by atoms with E-state index in [9.17, 15) is 9.59 Å². The fourth-order valence-corrected chi connectivity index (χ4v) is 4.23. The van der Waals surface area contributed by atoms with Gasteiger partial charge in [-0.05, 0) is 49.1 Å². The molecule has 29 heavy (non-hydrogen) atoms. The Bertz CT molecular complexity index is 1050. The first-order chi connectivity index (χ1) is 14.1. The number of carbonyl (C=O) groups is 2. The first-order valence-electron chi connectivity index (χ1n) is 9.85. The number of hydrogen-bond acceptors (Lipinski definition) is 3. The van der Waals surface area contributed by atoms with Crippen molar-refractivity contribution < 1.29 is 9.59 Å². The third kappa shape index (κ3) is 3.98. The van der Waals surface area contributed by atoms with Gasteiger partial charge in [0.2, 0.25) is 11.8 Å². The summed E-state index contributed by atoms with van der Waals surface area (Å²) in [5.41, 5.74) is 4.00. The van der Waals surface area contributed by atoms with Crippen LogP contribution in [0.1, 0.15) is 30.3 Å². The number of aromatic nitrogens is 2. The Hall–Kier alpha value is -2.86. The van der Waals surface area contributed by atoms with Crippen molar-refractivity contribution >= 4 is 34.3 Å². The molecule has 1 aliphatic rings. The SMILES string of the molecule is CCc1[nH]c2cccc(Cl)c2c1CC[C@H]1NC(=O)[C@@H](Cc2ccccn2)NC1=O. The predicted molar refractivity (Wildman–Crippen MR) is 113 cm³/mol. The van der Waals surface area contributed by atoms with Gasteiger partial charge < -0.3 is 15.6 Å². The average Bonchev–Trinajstić information content (AvgIpc) is 3.09. The van der Waals surface area contributed by atoms with Gasteiger partial charge in [-0.2, -0.15) is 0 Å². The number of aromatic amines is 1. The number of piperazine rings is 1. The third-order valence-corrected chi connectivity index (χ3v) is 5.72. The smallest absolute Gasteiger partial charge is 0.243 e. The summed E-state index contributed by atoms with van der Waals surface area (Å²) < 4.78 is 0. The fourth-order valence-electron chi connectivity index (χ4n) is 3.94. The molecular formula is C22H23ClN4O2. The molecule has 0 saturated carbocycles. The lowest BCUT2D eigenvalue weighted by Crippen LogP contribution is -2.62. The molecule has 1 aliphatic heterocycles. The van der Waals surface area contributed by atoms with Gasteiger partial charge in [0.25, 0.3) is 0 Å². The topological polar surface area (TPSA) is 86.9 Å². The molecule has 0 unspecified atom stereocenters. The van der Waals surface area contributed by atoms with Gasteiger partial charge in [0, 0.05) is 34.9 Å². The lowest BCUT2D eigenvalue weighted by molar-refractivity contribution is -0.136. The summed E-state index contributed by atoms with van der Waals surface area (Å²) in [7, 11) is 0. The summed E-state index contributed by atoms with van der Waals surface area (Å²) in [6.07, 6.45) is 4.06. The van der Waals surface area contributed by atoms with E-state index in [-0.39, 0.29) is 11.8 Å². The minimum absolute atomic E-state index is 0.158. The molecule has 2 atom stereocenters. The monoisotopic (exact) mass is 410 g/mol. The molecule has 0 radical (unpaired) electrons. The summed E-state index contributed by atoms with van der Waals surface area (Å²) in [6.45, 7) is 2.08. The van der Waals surface area contributed by atoms with E-state index in [0.29, 0.717) is 24.3 Å². The molecule has 7 heteroatoms. The van der Waals surface area contributed by atoms with E-state index >= 15 is 0 Å². The molecule has 150 valence electrons. The quantitative estimate of drug-likeness (QED) is 0.584. The molecule has 6 nitrogen and oxygen atoms in total. The minimum Gasteiger partial charge on any atom is -0.358 e. The molecule has 0 bridgehead atoms. The van der Waals surface area contributed by atoms with Crippen molar-refractivity contribution in [1.82, 2.24) is 20.6 Å². The van der Waals surface area contributed by atoms with Crippen molar-refractivity contribution in [2.45, 2.75) is 44.7 Å². The van der Waals surface area contributed by atoms with E-state index in [1.807, 2.05) is 36.4 Å². The fraction of sp³-hybridized carbons (Fsp3) is 0.318. The summed E-state index contributed by atoms with van der Waals surface area (Å²) in [5.74, 6) is -0.331. The van der Waals surface area contributed by atoms with E-state index in [4.69, 9.17) is 11.6 Å². The Morgan fingerprint density at radius 3 is 2.59 bits per heavy atom. The maximum absolute atomic E-state index is 12.6. The van der Waals surface area contributed by atoms with Gasteiger partial charge in [-0.3, -0.25) is 14.6 Å². The molecule has 3 N–H and O–H groups in total. The van der Waals surface area contributed by atoms with Gasteiger partial charge in [-0.25, -0.2) is 0 Å². The van der Waals surface area contributed by atoms with E-state index in [2.05, 4.69) is 27.5 Å². The number of hydrogen-bond donors (Lipinski definition) is 3. The number of H-pyrrole nitrogens is 1. The van der Waals surface area contributed by atoms with Crippen molar-refractivity contribution in [3.05, 3.63) is 64.6 Å². The predicted octanol–water partition coefficient (Wildman–Crippen LogP) is 2.94. The molecule has 0 spiro atoms. The van der Waals surface area contributed by atoms with Gasteiger partial charge in [0.05, 0.1) is 5.02 Å². The van der Waals surface area contributed by atoms with Gasteiger partial charge in [-0.1, -0.05) is 30.7 Å². The summed E-state index contributed by atoms with van der Waals surface area (Å²) in [4.78, 5) is 32.8. The van der Waals surface area contributed by atoms with Gasteiger partial charge in [0.15, 0.2) is 0 Å². The van der Waals surface area contributed by atoms with E-state index in [1.54, 1.807) is 6.20 Å². The maximum Gasteiger partial charge on any atom is 0.243 e. The minimum atomic E-state index is -0.595. The standard InChI is InChI=1S/C22H23ClN4O2/c1-2-16-14(20-15(23)7-5-8-17(20)25-16)9-10-18-21(28)27-19(22(29)26-18)12-13-6-3-4-11-24-13/h3-8,11,18-19,25H,2,9-10,12H2,1H3,(H,26,29)(H,27,28)/t18-,19-/m1/s1. The Kier molecular flexibility index (Phi) is 5.53. The molecule has 1 saturated heterocycles. The van der Waals surface area contributed by atoms with Crippen molar-refractivity contribution in [3.8, 4) is 0 Å². The van der Waals surface area contributed by atoms with Crippen LogP contribution < -0.4 is 10.6 Å². The first kappa shape index (κ1) is 19.5. The Balaban J connectivity index is 1.46. The van der Waals surface area contributed by atoms with Crippen LogP contribution in [0, 0.1) is 0 Å². The van der Waals surface area contributed by atoms with Gasteiger partial charge in [0.1, 0.15) is 12.1 Å². The second kappa shape index (κ2) is 8.25. The van der Waals surface area contributed by atoms with Crippen LogP contribution in [0.5, 0.6) is 0 Å². The largest absolute Gasteiger partial charge is 0.358 e. The summed E-state index contributed by atoms with van der Waals surface area (Å²) in [6, 6.07) is 10.2. The zero-order valence-corrected chi connectivity index (χ0v) is 16.9. The highest BCUT2D eigenvalue weighted by Crippen LogP contribution is 2.31. The Morgan fingerprint density at radius 2 is 1.83 bits per heavy atom. The zero-order valence-electron chi connectivity index (χ0n) is 16.2. The maximum atomic E-state index is 12.6. The number of nitrogens with zero attached hydrogens (tertiary/aromatic N) is 1. The zero-order chi connectivity index (χ0) is 20.4. The molecule has 2 amide bonds. The molecule has 1 aromatic carbocycles. The van der Waals surface area contributed by atoms with Gasteiger partial charge in [-0.15, -0.1) is 0 Å². The second-order valence-corrected chi connectivity index (χ2v) is 7.69. The number of aryl methyl sites for hydroxylation is 2. The number of pyridine rings is 1.